The predicted molar refractivity (Wildman–Crippen MR) is 153 cm³/mol. The van der Waals surface area contributed by atoms with Crippen LogP contribution >= 0.6 is 0 Å². The number of carbonyl (C=O) groups excluding carboxylic acids is 1. The number of fused-ring (bicyclic) bond motifs is 4. The summed E-state index contributed by atoms with van der Waals surface area (Å²) in [5.74, 6) is 0.415. The first-order valence-corrected chi connectivity index (χ1v) is 13.9. The molecule has 1 saturated carbocycles. The number of benzene rings is 2. The molecule has 2 aliphatic carbocycles. The molecule has 0 saturated heterocycles. The van der Waals surface area contributed by atoms with Crippen molar-refractivity contribution >= 4 is 17.1 Å². The van der Waals surface area contributed by atoms with Gasteiger partial charge in [0.25, 0.3) is 0 Å². The molecule has 2 atom stereocenters. The highest BCUT2D eigenvalue weighted by Gasteiger charge is 2.35. The molecule has 6 rings (SSSR count). The second-order valence-corrected chi connectivity index (χ2v) is 10.7. The monoisotopic (exact) mass is 538 g/mol. The summed E-state index contributed by atoms with van der Waals surface area (Å²) in [5, 5.41) is 14.8. The molecule has 0 unspecified atom stereocenters. The summed E-state index contributed by atoms with van der Waals surface area (Å²) in [4.78, 5) is 22.3. The van der Waals surface area contributed by atoms with Crippen LogP contribution in [-0.4, -0.2) is 47.0 Å². The third-order valence-electron chi connectivity index (χ3n) is 8.41. The molecule has 40 heavy (non-hydrogen) atoms. The van der Waals surface area contributed by atoms with Gasteiger partial charge in [-0.05, 0) is 66.0 Å². The molecule has 0 aliphatic heterocycles. The van der Waals surface area contributed by atoms with Crippen LogP contribution in [0.1, 0.15) is 54.4 Å². The molecule has 8 nitrogen and oxygen atoms in total. The topological polar surface area (TPSA) is 120 Å². The first kappa shape index (κ1) is 26.2. The lowest BCUT2D eigenvalue weighted by molar-refractivity contribution is 0.0707. The van der Waals surface area contributed by atoms with Gasteiger partial charge in [-0.25, -0.2) is 9.78 Å². The number of nitrogens with one attached hydrogen (secondary N) is 1. The van der Waals surface area contributed by atoms with Crippen LogP contribution in [-0.2, 0) is 4.74 Å². The highest BCUT2D eigenvalue weighted by Crippen LogP contribution is 2.44. The van der Waals surface area contributed by atoms with E-state index in [2.05, 4.69) is 39.6 Å². The van der Waals surface area contributed by atoms with Crippen molar-refractivity contribution in [2.24, 2.45) is 11.7 Å². The smallest absolute Gasteiger partial charge is 0.407 e. The number of rotatable bonds is 7. The zero-order chi connectivity index (χ0) is 27.6. The fourth-order valence-corrected chi connectivity index (χ4v) is 6.31. The van der Waals surface area contributed by atoms with Gasteiger partial charge in [-0.1, -0.05) is 48.5 Å². The number of nitrogens with zero attached hydrogens (tertiary/aromatic N) is 2. The van der Waals surface area contributed by atoms with Crippen molar-refractivity contribution in [3.63, 3.8) is 0 Å². The van der Waals surface area contributed by atoms with Gasteiger partial charge in [0.2, 0.25) is 5.88 Å². The zero-order valence-electron chi connectivity index (χ0n) is 22.5. The van der Waals surface area contributed by atoms with E-state index in [1.807, 2.05) is 30.3 Å². The average molecular weight is 539 g/mol. The number of alkyl carbamates (subject to hydrolysis) is 1. The lowest BCUT2D eigenvalue weighted by atomic mass is 9.78. The van der Waals surface area contributed by atoms with Crippen LogP contribution in [0.25, 0.3) is 22.2 Å². The molecule has 4 N–H and O–H groups in total. The summed E-state index contributed by atoms with van der Waals surface area (Å²) in [6.45, 7) is 0.204. The number of hydrogen-bond acceptors (Lipinski definition) is 7. The van der Waals surface area contributed by atoms with Crippen molar-refractivity contribution in [3.05, 3.63) is 89.6 Å². The van der Waals surface area contributed by atoms with Crippen molar-refractivity contribution in [2.45, 2.75) is 49.8 Å². The number of pyridine rings is 2. The maximum absolute atomic E-state index is 13.3. The van der Waals surface area contributed by atoms with Gasteiger partial charge in [0, 0.05) is 29.8 Å². The summed E-state index contributed by atoms with van der Waals surface area (Å²) in [6, 6.07) is 21.3. The summed E-state index contributed by atoms with van der Waals surface area (Å²) in [6.07, 6.45) is 3.34. The molecule has 4 aromatic rings. The molecule has 0 bridgehead atoms. The van der Waals surface area contributed by atoms with Gasteiger partial charge < -0.3 is 25.6 Å². The van der Waals surface area contributed by atoms with E-state index >= 15 is 0 Å². The zero-order valence-corrected chi connectivity index (χ0v) is 22.5. The van der Waals surface area contributed by atoms with Gasteiger partial charge in [-0.2, -0.15) is 0 Å². The lowest BCUT2D eigenvalue weighted by Crippen LogP contribution is -2.47. The Morgan fingerprint density at radius 2 is 1.68 bits per heavy atom. The van der Waals surface area contributed by atoms with Crippen molar-refractivity contribution < 1.29 is 19.4 Å². The maximum Gasteiger partial charge on any atom is 0.407 e. The third-order valence-corrected chi connectivity index (χ3v) is 8.41. The number of hydrogen-bond donors (Lipinski definition) is 3. The Labute approximate surface area is 233 Å². The molecule has 1 fully saturated rings. The van der Waals surface area contributed by atoms with Gasteiger partial charge in [0.1, 0.15) is 12.7 Å². The predicted octanol–water partition coefficient (Wildman–Crippen LogP) is 5.10. The van der Waals surface area contributed by atoms with E-state index in [9.17, 15) is 9.90 Å². The molecule has 0 radical (unpaired) electrons. The Bertz CT molecular complexity index is 1470. The van der Waals surface area contributed by atoms with Gasteiger partial charge in [-0.15, -0.1) is 0 Å². The molecule has 206 valence electrons. The molecule has 8 heteroatoms. The Morgan fingerprint density at radius 1 is 1.00 bits per heavy atom. The largest absolute Gasteiger partial charge is 0.481 e. The lowest BCUT2D eigenvalue weighted by Gasteiger charge is -2.35. The first-order chi connectivity index (χ1) is 19.5. The Kier molecular flexibility index (Phi) is 7.36. The molecule has 2 aromatic carbocycles. The minimum Gasteiger partial charge on any atom is -0.481 e. The first-order valence-electron chi connectivity index (χ1n) is 13.9. The van der Waals surface area contributed by atoms with E-state index in [1.165, 1.54) is 11.1 Å². The van der Waals surface area contributed by atoms with E-state index in [0.717, 1.165) is 36.8 Å². The highest BCUT2D eigenvalue weighted by molar-refractivity contribution is 5.80. The van der Waals surface area contributed by atoms with Crippen LogP contribution in [0.5, 0.6) is 5.88 Å². The third kappa shape index (κ3) is 5.00. The summed E-state index contributed by atoms with van der Waals surface area (Å²) in [5.41, 5.74) is 12.6. The molecule has 1 amide bonds. The second-order valence-electron chi connectivity index (χ2n) is 10.7. The van der Waals surface area contributed by atoms with Crippen molar-refractivity contribution in [1.29, 1.82) is 0 Å². The van der Waals surface area contributed by atoms with Crippen LogP contribution in [0, 0.1) is 5.92 Å². The maximum atomic E-state index is 13.3. The van der Waals surface area contributed by atoms with Crippen LogP contribution < -0.4 is 15.8 Å². The number of aliphatic hydroxyl groups is 1. The molecule has 0 spiro atoms. The van der Waals surface area contributed by atoms with Crippen LogP contribution in [0.4, 0.5) is 4.79 Å². The van der Waals surface area contributed by atoms with Crippen molar-refractivity contribution in [1.82, 2.24) is 15.3 Å². The fourth-order valence-electron chi connectivity index (χ4n) is 6.31. The molecule has 2 heterocycles. The van der Waals surface area contributed by atoms with Crippen LogP contribution in [0.15, 0.2) is 72.9 Å². The van der Waals surface area contributed by atoms with Gasteiger partial charge in [0.15, 0.2) is 0 Å². The fraction of sp³-hybridized carbons (Fsp3) is 0.344. The minimum absolute atomic E-state index is 0.0316. The average Bonchev–Trinajstić information content (AvgIpc) is 3.32. The number of nitrogens with two attached hydrogens (primary N) is 1. The minimum atomic E-state index is -1.02. The van der Waals surface area contributed by atoms with E-state index in [-0.39, 0.29) is 24.5 Å². The van der Waals surface area contributed by atoms with Gasteiger partial charge >= 0.3 is 6.09 Å². The quantitative estimate of drug-likeness (QED) is 0.300. The van der Waals surface area contributed by atoms with E-state index in [0.29, 0.717) is 22.5 Å². The molecular weight excluding hydrogens is 504 g/mol. The Morgan fingerprint density at radius 3 is 2.35 bits per heavy atom. The second kappa shape index (κ2) is 11.2. The van der Waals surface area contributed by atoms with Crippen molar-refractivity contribution in [3.8, 4) is 17.0 Å². The molecule has 2 aliphatic rings. The number of amides is 1. The number of aromatic nitrogens is 2. The van der Waals surface area contributed by atoms with Crippen LogP contribution in [0.3, 0.4) is 0 Å². The summed E-state index contributed by atoms with van der Waals surface area (Å²) < 4.78 is 11.2. The van der Waals surface area contributed by atoms with E-state index in [4.69, 9.17) is 15.2 Å². The normalized spacial score (nSPS) is 19.9. The summed E-state index contributed by atoms with van der Waals surface area (Å²) in [7, 11) is 1.55. The standard InChI is InChI=1S/C32H34N4O4/c1-39-28-15-14-27-30(35-28)25(16-17-34-27)31(37)29(19-10-12-20(33)13-11-19)36-32(38)40-18-26-23-8-4-2-6-21(23)22-7-3-5-9-24(22)26/h2-9,14-17,19-20,26,29,31,37H,10-13,18,33H2,1H3,(H,36,38)/t19?,20?,29-,31-/m1/s1. The number of methoxy groups -OCH3 is 1. The van der Waals surface area contributed by atoms with E-state index in [1.54, 1.807) is 25.4 Å². The SMILES string of the molecule is COc1ccc2nccc([C@@H](O)[C@H](NC(=O)OCC3c4ccccc4-c4ccccc43)C3CCC(N)CC3)c2n1. The number of aliphatic hydroxyl groups excluding tert-OH is 1. The Hall–Kier alpha value is -4.01. The number of carbonyl (C=O) groups is 1. The van der Waals surface area contributed by atoms with Gasteiger partial charge in [-0.3, -0.25) is 4.98 Å². The van der Waals surface area contributed by atoms with Gasteiger partial charge in [0.05, 0.1) is 24.2 Å². The highest BCUT2D eigenvalue weighted by atomic mass is 16.5. The van der Waals surface area contributed by atoms with Crippen molar-refractivity contribution in [2.75, 3.05) is 13.7 Å². The van der Waals surface area contributed by atoms with Crippen LogP contribution in [0.2, 0.25) is 0 Å². The summed E-state index contributed by atoms with van der Waals surface area (Å²) >= 11 is 0. The number of ether oxygens (including phenoxy) is 2. The van der Waals surface area contributed by atoms with E-state index < -0.39 is 18.2 Å². The Balaban J connectivity index is 1.24. The molecular formula is C32H34N4O4. The molecule has 2 aromatic heterocycles.